The lowest BCUT2D eigenvalue weighted by Crippen LogP contribution is -2.36. The first-order valence-electron chi connectivity index (χ1n) is 6.74. The number of nitrogens with zero attached hydrogens (tertiary/aromatic N) is 1. The maximum Gasteiger partial charge on any atom is 0.314 e. The number of hydrogen-bond acceptors (Lipinski definition) is 5. The smallest absolute Gasteiger partial charge is 0.314 e. The summed E-state index contributed by atoms with van der Waals surface area (Å²) in [6, 6.07) is 9.04. The molecule has 2 N–H and O–H groups in total. The van der Waals surface area contributed by atoms with Gasteiger partial charge in [0.15, 0.2) is 5.82 Å². The van der Waals surface area contributed by atoms with Crippen LogP contribution in [0.15, 0.2) is 34.9 Å². The van der Waals surface area contributed by atoms with E-state index in [9.17, 15) is 9.59 Å². The zero-order chi connectivity index (χ0) is 15.9. The molecule has 2 rings (SSSR count). The standard InChI is InChI=1S/C15H17N3O4/c1-10-9-13(18-22-10)17-15(20)14(19)16-8-7-11-5-3-4-6-12(11)21-2/h3-6,9H,7-8H2,1-2H3,(H,16,19)(H,17,18,20). The first kappa shape index (κ1) is 15.6. The van der Waals surface area contributed by atoms with Gasteiger partial charge in [-0.3, -0.25) is 14.9 Å². The summed E-state index contributed by atoms with van der Waals surface area (Å²) in [6.07, 6.45) is 0.562. The minimum absolute atomic E-state index is 0.211. The fraction of sp³-hybridized carbons (Fsp3) is 0.267. The number of hydrogen-bond donors (Lipinski definition) is 2. The molecule has 0 fully saturated rings. The Morgan fingerprint density at radius 2 is 2.05 bits per heavy atom. The molecule has 1 aromatic carbocycles. The zero-order valence-corrected chi connectivity index (χ0v) is 12.4. The number of carbonyl (C=O) groups is 2. The number of benzene rings is 1. The van der Waals surface area contributed by atoms with Crippen LogP contribution in [0.1, 0.15) is 11.3 Å². The van der Waals surface area contributed by atoms with Crippen molar-refractivity contribution in [3.63, 3.8) is 0 Å². The predicted octanol–water partition coefficient (Wildman–Crippen LogP) is 1.29. The van der Waals surface area contributed by atoms with Gasteiger partial charge >= 0.3 is 11.8 Å². The highest BCUT2D eigenvalue weighted by molar-refractivity contribution is 6.39. The Hall–Kier alpha value is -2.83. The number of para-hydroxylation sites is 1. The van der Waals surface area contributed by atoms with E-state index in [0.717, 1.165) is 11.3 Å². The molecule has 7 heteroatoms. The predicted molar refractivity (Wildman–Crippen MR) is 79.6 cm³/mol. The van der Waals surface area contributed by atoms with Crippen molar-refractivity contribution >= 4 is 17.6 Å². The highest BCUT2D eigenvalue weighted by atomic mass is 16.5. The molecule has 0 spiro atoms. The van der Waals surface area contributed by atoms with Crippen molar-refractivity contribution < 1.29 is 18.8 Å². The van der Waals surface area contributed by atoms with Crippen LogP contribution in [-0.4, -0.2) is 30.6 Å². The van der Waals surface area contributed by atoms with E-state index in [1.54, 1.807) is 14.0 Å². The Bertz CT molecular complexity index is 666. The molecular weight excluding hydrogens is 286 g/mol. The molecule has 0 saturated carbocycles. The van der Waals surface area contributed by atoms with Gasteiger partial charge in [0.05, 0.1) is 7.11 Å². The van der Waals surface area contributed by atoms with Crippen molar-refractivity contribution in [2.24, 2.45) is 0 Å². The van der Waals surface area contributed by atoms with Crippen LogP contribution in [0, 0.1) is 6.92 Å². The fourth-order valence-corrected chi connectivity index (χ4v) is 1.90. The maximum absolute atomic E-state index is 11.7. The average Bonchev–Trinajstić information content (AvgIpc) is 2.92. The van der Waals surface area contributed by atoms with Gasteiger partial charge in [0, 0.05) is 12.6 Å². The minimum atomic E-state index is -0.784. The molecule has 0 aliphatic rings. The number of carbonyl (C=O) groups excluding carboxylic acids is 2. The summed E-state index contributed by atoms with van der Waals surface area (Å²) in [7, 11) is 1.59. The highest BCUT2D eigenvalue weighted by Crippen LogP contribution is 2.17. The summed E-state index contributed by atoms with van der Waals surface area (Å²) in [6.45, 7) is 2.01. The molecular formula is C15H17N3O4. The molecule has 116 valence electrons. The van der Waals surface area contributed by atoms with Gasteiger partial charge in [-0.2, -0.15) is 0 Å². The molecule has 0 saturated heterocycles. The molecule has 2 aromatic rings. The third-order valence-corrected chi connectivity index (χ3v) is 2.95. The molecule has 0 atom stereocenters. The van der Waals surface area contributed by atoms with Crippen LogP contribution in [0.3, 0.4) is 0 Å². The number of ether oxygens (including phenoxy) is 1. The second-order valence-electron chi connectivity index (χ2n) is 4.59. The number of nitrogens with one attached hydrogen (secondary N) is 2. The first-order chi connectivity index (χ1) is 10.6. The van der Waals surface area contributed by atoms with E-state index < -0.39 is 11.8 Å². The van der Waals surface area contributed by atoms with Crippen LogP contribution < -0.4 is 15.4 Å². The lowest BCUT2D eigenvalue weighted by Gasteiger charge is -2.08. The maximum atomic E-state index is 11.7. The van der Waals surface area contributed by atoms with Gasteiger partial charge in [-0.15, -0.1) is 0 Å². The molecule has 0 aliphatic carbocycles. The van der Waals surface area contributed by atoms with Crippen molar-refractivity contribution in [2.75, 3.05) is 19.0 Å². The lowest BCUT2D eigenvalue weighted by molar-refractivity contribution is -0.136. The van der Waals surface area contributed by atoms with Gasteiger partial charge in [0.25, 0.3) is 0 Å². The molecule has 1 heterocycles. The van der Waals surface area contributed by atoms with Crippen LogP contribution in [0.4, 0.5) is 5.82 Å². The third kappa shape index (κ3) is 4.08. The van der Waals surface area contributed by atoms with Crippen LogP contribution in [-0.2, 0) is 16.0 Å². The monoisotopic (exact) mass is 303 g/mol. The molecule has 0 radical (unpaired) electrons. The summed E-state index contributed by atoms with van der Waals surface area (Å²) >= 11 is 0. The summed E-state index contributed by atoms with van der Waals surface area (Å²) in [5.41, 5.74) is 0.956. The molecule has 0 unspecified atom stereocenters. The molecule has 0 bridgehead atoms. The van der Waals surface area contributed by atoms with Crippen LogP contribution in [0.5, 0.6) is 5.75 Å². The second kappa shape index (κ2) is 7.26. The lowest BCUT2D eigenvalue weighted by atomic mass is 10.1. The van der Waals surface area contributed by atoms with Gasteiger partial charge in [-0.25, -0.2) is 0 Å². The Kier molecular flexibility index (Phi) is 5.13. The largest absolute Gasteiger partial charge is 0.496 e. The molecule has 7 nitrogen and oxygen atoms in total. The number of amides is 2. The van der Waals surface area contributed by atoms with Crippen molar-refractivity contribution in [1.82, 2.24) is 10.5 Å². The van der Waals surface area contributed by atoms with Gasteiger partial charge < -0.3 is 14.6 Å². The van der Waals surface area contributed by atoms with Crippen LogP contribution in [0.25, 0.3) is 0 Å². The second-order valence-corrected chi connectivity index (χ2v) is 4.59. The van der Waals surface area contributed by atoms with Crippen molar-refractivity contribution in [1.29, 1.82) is 0 Å². The van der Waals surface area contributed by atoms with Gasteiger partial charge in [0.2, 0.25) is 0 Å². The minimum Gasteiger partial charge on any atom is -0.496 e. The highest BCUT2D eigenvalue weighted by Gasteiger charge is 2.15. The normalized spacial score (nSPS) is 10.1. The molecule has 22 heavy (non-hydrogen) atoms. The van der Waals surface area contributed by atoms with Crippen molar-refractivity contribution in [2.45, 2.75) is 13.3 Å². The number of methoxy groups -OCH3 is 1. The quantitative estimate of drug-likeness (QED) is 0.812. The van der Waals surface area contributed by atoms with E-state index in [-0.39, 0.29) is 5.82 Å². The number of anilines is 1. The van der Waals surface area contributed by atoms with Gasteiger partial charge in [0.1, 0.15) is 11.5 Å². The first-order valence-corrected chi connectivity index (χ1v) is 6.74. The number of rotatable bonds is 5. The Morgan fingerprint density at radius 3 is 2.73 bits per heavy atom. The van der Waals surface area contributed by atoms with E-state index in [1.165, 1.54) is 6.07 Å². The van der Waals surface area contributed by atoms with E-state index in [1.807, 2.05) is 24.3 Å². The fourth-order valence-electron chi connectivity index (χ4n) is 1.90. The van der Waals surface area contributed by atoms with E-state index >= 15 is 0 Å². The van der Waals surface area contributed by atoms with Gasteiger partial charge in [-0.1, -0.05) is 23.4 Å². The van der Waals surface area contributed by atoms with E-state index in [2.05, 4.69) is 15.8 Å². The van der Waals surface area contributed by atoms with Gasteiger partial charge in [-0.05, 0) is 25.0 Å². The Labute approximate surface area is 127 Å². The Morgan fingerprint density at radius 1 is 1.27 bits per heavy atom. The van der Waals surface area contributed by atoms with Crippen molar-refractivity contribution in [3.05, 3.63) is 41.7 Å². The average molecular weight is 303 g/mol. The topological polar surface area (TPSA) is 93.5 Å². The summed E-state index contributed by atoms with van der Waals surface area (Å²) in [5, 5.41) is 8.48. The van der Waals surface area contributed by atoms with E-state index in [0.29, 0.717) is 18.7 Å². The van der Waals surface area contributed by atoms with Crippen LogP contribution >= 0.6 is 0 Å². The molecule has 2 amide bonds. The number of aromatic nitrogens is 1. The SMILES string of the molecule is COc1ccccc1CCNC(=O)C(=O)Nc1cc(C)on1. The third-order valence-electron chi connectivity index (χ3n) is 2.95. The Balaban J connectivity index is 1.81. The van der Waals surface area contributed by atoms with Crippen LogP contribution in [0.2, 0.25) is 0 Å². The summed E-state index contributed by atoms with van der Waals surface area (Å²) in [4.78, 5) is 23.3. The summed E-state index contributed by atoms with van der Waals surface area (Å²) in [5.74, 6) is -0.00240. The summed E-state index contributed by atoms with van der Waals surface area (Å²) < 4.78 is 10.0. The molecule has 0 aliphatic heterocycles. The van der Waals surface area contributed by atoms with Crippen molar-refractivity contribution in [3.8, 4) is 5.75 Å². The zero-order valence-electron chi connectivity index (χ0n) is 12.4. The van der Waals surface area contributed by atoms with E-state index in [4.69, 9.17) is 9.26 Å². The molecule has 1 aromatic heterocycles. The number of aryl methyl sites for hydroxylation is 1.